The number of ether oxygens (including phenoxy) is 4. The number of nitrogens with zero attached hydrogens (tertiary/aromatic N) is 6. The van der Waals surface area contributed by atoms with E-state index in [0.29, 0.717) is 35.5 Å². The fourth-order valence-corrected chi connectivity index (χ4v) is 11.6. The molecule has 0 N–H and O–H groups in total. The Morgan fingerprint density at radius 3 is 1.58 bits per heavy atom. The lowest BCUT2D eigenvalue weighted by Crippen LogP contribution is -2.68. The number of β-lactam (4-membered cyclic amide) rings is 1. The van der Waals surface area contributed by atoms with Crippen LogP contribution in [0.2, 0.25) is 0 Å². The van der Waals surface area contributed by atoms with Crippen molar-refractivity contribution in [3.05, 3.63) is 120 Å². The predicted molar refractivity (Wildman–Crippen MR) is 265 cm³/mol. The number of nitro groups is 3. The molecule has 0 aliphatic carbocycles. The quantitative estimate of drug-likeness (QED) is 0.0133. The molecule has 0 bridgehead atoms. The summed E-state index contributed by atoms with van der Waals surface area (Å²) in [6.07, 6.45) is -5.31. The van der Waals surface area contributed by atoms with Crippen molar-refractivity contribution in [2.75, 3.05) is 13.1 Å². The molecule has 2 saturated heterocycles. The number of rotatable bonds is 22. The lowest BCUT2D eigenvalue weighted by Gasteiger charge is -2.50. The molecule has 0 radical (unpaired) electrons. The van der Waals surface area contributed by atoms with Crippen molar-refractivity contribution in [3.63, 3.8) is 0 Å². The van der Waals surface area contributed by atoms with Gasteiger partial charge >= 0.3 is 18.2 Å². The number of aliphatic imine (C=N–C) groups is 1. The number of nitro benzene ring substituents is 3. The molecule has 3 aromatic rings. The van der Waals surface area contributed by atoms with Crippen LogP contribution in [-0.2, 0) is 66.7 Å². The monoisotopic (exact) mass is 1060 g/mol. The molecule has 0 unspecified atom stereocenters. The highest BCUT2D eigenvalue weighted by Crippen LogP contribution is 2.58. The maximum atomic E-state index is 14.8. The first-order valence-corrected chi connectivity index (χ1v) is 25.4. The van der Waals surface area contributed by atoms with Gasteiger partial charge in [-0.15, -0.1) is 0 Å². The molecule has 24 nitrogen and oxygen atoms in total. The molecule has 394 valence electrons. The van der Waals surface area contributed by atoms with Gasteiger partial charge in [0.25, 0.3) is 24.6 Å². The molecule has 2 aliphatic rings. The second-order valence-corrected chi connectivity index (χ2v) is 21.0. The van der Waals surface area contributed by atoms with Gasteiger partial charge in [-0.2, -0.15) is 4.99 Å². The standard InChI is InChI=1S/C47H57N6O18PS/c1-28(2)69-72(70-29(3)4,71-30(5)6)44(45(56)65-25-33-9-15-36(16-10-33)51(59)60)50-40(42(43(50)55)31(7)68-47(58)67-27-35-13-19-38(20-14-35)53(63)64)23-41(54)73-39-21-22-49(24-39)32(8)48-46(57)66-26-34-11-17-37(18-12-34)52(61)62/h9-20,28-31,39-40,42H,21-27H2,1-8H3/t31-,39+,40-,42-/m1/s1. The van der Waals surface area contributed by atoms with Crippen molar-refractivity contribution >= 4 is 76.9 Å². The van der Waals surface area contributed by atoms with Crippen molar-refractivity contribution < 1.29 is 71.3 Å². The molecule has 3 aromatic carbocycles. The molecule has 2 amide bonds. The van der Waals surface area contributed by atoms with E-state index in [1.807, 2.05) is 0 Å². The third-order valence-electron chi connectivity index (χ3n) is 10.8. The highest BCUT2D eigenvalue weighted by Gasteiger charge is 2.58. The first-order valence-electron chi connectivity index (χ1n) is 23.0. The van der Waals surface area contributed by atoms with E-state index >= 15 is 0 Å². The molecule has 0 spiro atoms. The molecule has 5 rings (SSSR count). The summed E-state index contributed by atoms with van der Waals surface area (Å²) in [6.45, 7) is 12.8. The summed E-state index contributed by atoms with van der Waals surface area (Å²) in [7, 11) is -4.16. The number of benzene rings is 3. The number of amides is 2. The molecule has 26 heteroatoms. The van der Waals surface area contributed by atoms with Gasteiger partial charge in [0.1, 0.15) is 31.8 Å². The van der Waals surface area contributed by atoms with E-state index in [-0.39, 0.29) is 42.1 Å². The number of thioether (sulfide) groups is 1. The number of carbonyl (C=O) groups is 5. The van der Waals surface area contributed by atoms with Crippen LogP contribution in [0.15, 0.2) is 77.8 Å². The highest BCUT2D eigenvalue weighted by molar-refractivity contribution is 8.14. The zero-order valence-corrected chi connectivity index (χ0v) is 43.0. The molecule has 2 aliphatic heterocycles. The van der Waals surface area contributed by atoms with Gasteiger partial charge in [0, 0.05) is 61.2 Å². The van der Waals surface area contributed by atoms with Gasteiger partial charge in [-0.05, 0) is 115 Å². The first-order chi connectivity index (χ1) is 34.5. The molecule has 2 heterocycles. The maximum Gasteiger partial charge on any atom is 0.508 e. The van der Waals surface area contributed by atoms with Crippen LogP contribution in [0, 0.1) is 36.3 Å². The minimum Gasteiger partial charge on any atom is -0.456 e. The fraction of sp³-hybridized carbons (Fsp3) is 0.468. The summed E-state index contributed by atoms with van der Waals surface area (Å²) in [4.78, 5) is 108. The normalized spacial score (nSPS) is 17.3. The Hall–Kier alpha value is -6.79. The Morgan fingerprint density at radius 2 is 1.14 bits per heavy atom. The van der Waals surface area contributed by atoms with E-state index in [1.165, 1.54) is 79.7 Å². The highest BCUT2D eigenvalue weighted by atomic mass is 32.2. The summed E-state index contributed by atoms with van der Waals surface area (Å²) < 4.78 is 41.2. The summed E-state index contributed by atoms with van der Waals surface area (Å²) in [5, 5.41) is 32.7. The number of amidine groups is 1. The number of hydrogen-bond donors (Lipinski definition) is 0. The number of esters is 1. The first kappa shape index (κ1) is 57.1. The van der Waals surface area contributed by atoms with Crippen LogP contribution in [0.3, 0.4) is 0 Å². The van der Waals surface area contributed by atoms with Gasteiger partial charge in [-0.1, -0.05) is 11.8 Å². The minimum absolute atomic E-state index is 0.114. The van der Waals surface area contributed by atoms with E-state index in [1.54, 1.807) is 53.4 Å². The average molecular weight is 1060 g/mol. The second kappa shape index (κ2) is 25.7. The van der Waals surface area contributed by atoms with E-state index in [2.05, 4.69) is 4.99 Å². The molecule has 0 saturated carbocycles. The molecule has 4 atom stereocenters. The SMILES string of the molecule is CC(=NC(=O)OCc1ccc([N+](=O)[O-])cc1)N1CC[C@H](SC(=O)C[C@@H]2[C@@H]([C@@H](C)OC(=O)OCc3ccc([N+](=O)[O-])cc3)C(=O)N2C(C(=O)OCc2ccc([N+](=O)[O-])cc2)=P(OC(C)C)(OC(C)C)OC(C)C)C1. The van der Waals surface area contributed by atoms with Crippen molar-refractivity contribution in [3.8, 4) is 0 Å². The lowest BCUT2D eigenvalue weighted by molar-refractivity contribution is -0.385. The van der Waals surface area contributed by atoms with E-state index < -0.39 is 106 Å². The lowest BCUT2D eigenvalue weighted by atomic mass is 9.81. The summed E-state index contributed by atoms with van der Waals surface area (Å²) in [5.41, 5.74) is 0.318. The Kier molecular flexibility index (Phi) is 20.1. The van der Waals surface area contributed by atoms with Crippen LogP contribution in [0.5, 0.6) is 0 Å². The van der Waals surface area contributed by atoms with Gasteiger partial charge in [0.2, 0.25) is 11.3 Å². The second-order valence-electron chi connectivity index (χ2n) is 17.6. The van der Waals surface area contributed by atoms with Gasteiger partial charge in [-0.25, -0.2) is 14.4 Å². The van der Waals surface area contributed by atoms with E-state index in [0.717, 1.165) is 16.7 Å². The molecule has 0 aromatic heterocycles. The van der Waals surface area contributed by atoms with E-state index in [4.69, 9.17) is 32.5 Å². The maximum absolute atomic E-state index is 14.8. The zero-order chi connectivity index (χ0) is 53.7. The van der Waals surface area contributed by atoms with Crippen LogP contribution in [0.25, 0.3) is 0 Å². The number of likely N-dealkylation sites (tertiary alicyclic amines) is 2. The van der Waals surface area contributed by atoms with Crippen LogP contribution in [0.1, 0.15) is 84.9 Å². The minimum atomic E-state index is -4.16. The number of carbonyl (C=O) groups excluding carboxylic acids is 5. The average Bonchev–Trinajstić information content (AvgIpc) is 3.79. The predicted octanol–water partition coefficient (Wildman–Crippen LogP) is 8.67. The largest absolute Gasteiger partial charge is 0.508 e. The molecule has 73 heavy (non-hydrogen) atoms. The topological polar surface area (TPSA) is 298 Å². The van der Waals surface area contributed by atoms with Crippen LogP contribution >= 0.6 is 19.3 Å². The van der Waals surface area contributed by atoms with Crippen molar-refractivity contribution in [2.45, 2.75) is 124 Å². The molecular formula is C47H57N6O18PS. The third kappa shape index (κ3) is 15.9. The Bertz CT molecular complexity index is 2580. The van der Waals surface area contributed by atoms with Gasteiger partial charge < -0.3 is 37.4 Å². The molecule has 2 fully saturated rings. The summed E-state index contributed by atoms with van der Waals surface area (Å²) in [5.74, 6) is -2.84. The zero-order valence-electron chi connectivity index (χ0n) is 41.3. The van der Waals surface area contributed by atoms with Crippen LogP contribution in [0.4, 0.5) is 26.7 Å². The van der Waals surface area contributed by atoms with Gasteiger partial charge in [-0.3, -0.25) is 44.8 Å². The van der Waals surface area contributed by atoms with Crippen molar-refractivity contribution in [1.82, 2.24) is 9.80 Å². The van der Waals surface area contributed by atoms with Crippen molar-refractivity contribution in [2.24, 2.45) is 10.9 Å². The summed E-state index contributed by atoms with van der Waals surface area (Å²) >= 11 is 0.975. The van der Waals surface area contributed by atoms with Crippen LogP contribution in [-0.4, -0.2) is 114 Å². The fourth-order valence-electron chi connectivity index (χ4n) is 7.62. The number of non-ortho nitro benzene ring substituents is 3. The smallest absolute Gasteiger partial charge is 0.456 e. The number of hydrogen-bond acceptors (Lipinski definition) is 19. The van der Waals surface area contributed by atoms with Gasteiger partial charge in [0.15, 0.2) is 5.12 Å². The van der Waals surface area contributed by atoms with Crippen molar-refractivity contribution in [1.29, 1.82) is 0 Å². The van der Waals surface area contributed by atoms with E-state index in [9.17, 15) is 54.3 Å². The third-order valence-corrected chi connectivity index (χ3v) is 15.0. The van der Waals surface area contributed by atoms with Gasteiger partial charge in [0.05, 0.1) is 45.0 Å². The Labute approximate surface area is 424 Å². The van der Waals surface area contributed by atoms with Crippen LogP contribution < -0.4 is 0 Å². The molecular weight excluding hydrogens is 1000 g/mol. The Balaban J connectivity index is 1.43. The summed E-state index contributed by atoms with van der Waals surface area (Å²) in [6, 6.07) is 14.8. The Morgan fingerprint density at radius 1 is 0.699 bits per heavy atom.